The number of hydrogen-bond acceptors (Lipinski definition) is 5. The lowest BCUT2D eigenvalue weighted by molar-refractivity contribution is -0.114. The van der Waals surface area contributed by atoms with Crippen LogP contribution in [0.15, 0.2) is 91.0 Å². The lowest BCUT2D eigenvalue weighted by atomic mass is 10.0. The number of rotatable bonds is 5. The first kappa shape index (κ1) is 19.6. The van der Waals surface area contributed by atoms with Gasteiger partial charge in [-0.15, -0.1) is 0 Å². The summed E-state index contributed by atoms with van der Waals surface area (Å²) in [6, 6.07) is 25.2. The van der Waals surface area contributed by atoms with Crippen LogP contribution >= 0.6 is 0 Å². The normalized spacial score (nSPS) is 15.1. The summed E-state index contributed by atoms with van der Waals surface area (Å²) >= 11 is 0. The Balaban J connectivity index is 1.52. The predicted molar refractivity (Wildman–Crippen MR) is 119 cm³/mol. The third kappa shape index (κ3) is 3.85. The van der Waals surface area contributed by atoms with E-state index in [4.69, 9.17) is 0 Å². The van der Waals surface area contributed by atoms with Crippen LogP contribution in [0.1, 0.15) is 17.2 Å². The monoisotopic (exact) mass is 426 g/mol. The van der Waals surface area contributed by atoms with E-state index in [9.17, 15) is 9.18 Å². The molecule has 0 fully saturated rings. The molecule has 1 aromatic heterocycles. The molecule has 1 N–H and O–H groups in total. The van der Waals surface area contributed by atoms with E-state index in [1.54, 1.807) is 9.58 Å². The average molecular weight is 426 g/mol. The maximum absolute atomic E-state index is 13.2. The summed E-state index contributed by atoms with van der Waals surface area (Å²) < 4.78 is 14.9. The third-order valence-corrected chi connectivity index (χ3v) is 5.23. The molecule has 1 aliphatic rings. The van der Waals surface area contributed by atoms with E-state index in [-0.39, 0.29) is 24.3 Å². The number of amides is 1. The first-order chi connectivity index (χ1) is 15.7. The van der Waals surface area contributed by atoms with Gasteiger partial charge in [-0.25, -0.2) is 4.39 Å². The van der Waals surface area contributed by atoms with Gasteiger partial charge in [-0.2, -0.15) is 4.68 Å². The van der Waals surface area contributed by atoms with Crippen molar-refractivity contribution in [1.29, 1.82) is 0 Å². The van der Waals surface area contributed by atoms with E-state index in [1.807, 2.05) is 60.7 Å². The second-order valence-electron chi connectivity index (χ2n) is 7.34. The topological polar surface area (TPSA) is 75.9 Å². The van der Waals surface area contributed by atoms with Crippen LogP contribution in [0.5, 0.6) is 0 Å². The molecule has 1 atom stereocenters. The van der Waals surface area contributed by atoms with Gasteiger partial charge < -0.3 is 5.32 Å². The summed E-state index contributed by atoms with van der Waals surface area (Å²) in [7, 11) is 0. The zero-order valence-corrected chi connectivity index (χ0v) is 17.0. The number of tetrazole rings is 1. The van der Waals surface area contributed by atoms with Crippen LogP contribution in [0.3, 0.4) is 0 Å². The second kappa shape index (κ2) is 8.43. The number of carbonyl (C=O) groups excluding carboxylic acids is 1. The van der Waals surface area contributed by atoms with Crippen LogP contribution in [0.4, 0.5) is 16.0 Å². The van der Waals surface area contributed by atoms with Crippen molar-refractivity contribution in [3.63, 3.8) is 0 Å². The molecule has 3 aromatic carbocycles. The summed E-state index contributed by atoms with van der Waals surface area (Å²) in [5, 5.41) is 15.1. The van der Waals surface area contributed by atoms with E-state index in [1.165, 1.54) is 24.3 Å². The van der Waals surface area contributed by atoms with Crippen molar-refractivity contribution >= 4 is 23.2 Å². The number of anilines is 2. The van der Waals surface area contributed by atoms with Gasteiger partial charge in [0.05, 0.1) is 5.70 Å². The minimum absolute atomic E-state index is 0.0139. The Morgan fingerprint density at radius 2 is 1.62 bits per heavy atom. The molecule has 4 aromatic rings. The summed E-state index contributed by atoms with van der Waals surface area (Å²) in [6.07, 6.45) is 2.05. The molecule has 1 amide bonds. The van der Waals surface area contributed by atoms with Crippen molar-refractivity contribution in [3.8, 4) is 0 Å². The number of nitrogens with one attached hydrogen (secondary N) is 1. The molecule has 0 bridgehead atoms. The van der Waals surface area contributed by atoms with Crippen LogP contribution < -0.4 is 10.2 Å². The van der Waals surface area contributed by atoms with E-state index in [0.29, 0.717) is 11.6 Å². The molecule has 0 radical (unpaired) electrons. The zero-order valence-electron chi connectivity index (χ0n) is 17.0. The van der Waals surface area contributed by atoms with Crippen molar-refractivity contribution < 1.29 is 9.18 Å². The molecule has 0 spiro atoms. The molecule has 1 aliphatic heterocycles. The number of carbonyl (C=O) groups is 1. The highest BCUT2D eigenvalue weighted by atomic mass is 19.1. The van der Waals surface area contributed by atoms with Crippen molar-refractivity contribution in [1.82, 2.24) is 20.2 Å². The minimum atomic E-state index is -0.362. The minimum Gasteiger partial charge on any atom is -0.325 e. The van der Waals surface area contributed by atoms with Crippen molar-refractivity contribution in [2.24, 2.45) is 0 Å². The summed E-state index contributed by atoms with van der Waals surface area (Å²) in [4.78, 5) is 14.7. The SMILES string of the molecule is O=C(CN1C(c2ccccc2)=C[C@@H](c2ccccc2)n2nnnc21)Nc1ccc(F)cc1. The number of nitrogens with zero attached hydrogens (tertiary/aromatic N) is 5. The van der Waals surface area contributed by atoms with Crippen LogP contribution in [0, 0.1) is 5.82 Å². The highest BCUT2D eigenvalue weighted by Gasteiger charge is 2.31. The largest absolute Gasteiger partial charge is 0.325 e. The van der Waals surface area contributed by atoms with Gasteiger partial charge in [0.2, 0.25) is 5.91 Å². The quantitative estimate of drug-likeness (QED) is 0.524. The standard InChI is InChI=1S/C24H19FN6O/c25-19-11-13-20(14-12-19)26-23(32)16-30-21(17-7-3-1-4-8-17)15-22(18-9-5-2-6-10-18)31-24(30)27-28-29-31/h1-15,22H,16H2,(H,26,32)/t22-/m0/s1. The maximum Gasteiger partial charge on any atom is 0.251 e. The molecule has 7 nitrogen and oxygen atoms in total. The smallest absolute Gasteiger partial charge is 0.251 e. The molecule has 0 saturated heterocycles. The number of aromatic nitrogens is 4. The van der Waals surface area contributed by atoms with Crippen LogP contribution in [0.2, 0.25) is 0 Å². The Morgan fingerprint density at radius 1 is 0.938 bits per heavy atom. The number of fused-ring (bicyclic) bond motifs is 1. The summed E-state index contributed by atoms with van der Waals surface area (Å²) in [5.74, 6) is -0.167. The first-order valence-electron chi connectivity index (χ1n) is 10.1. The van der Waals surface area contributed by atoms with Gasteiger partial charge in [0, 0.05) is 5.69 Å². The zero-order chi connectivity index (χ0) is 21.9. The number of hydrogen-bond donors (Lipinski definition) is 1. The lowest BCUT2D eigenvalue weighted by Gasteiger charge is -2.32. The fourth-order valence-electron chi connectivity index (χ4n) is 3.75. The fourth-order valence-corrected chi connectivity index (χ4v) is 3.75. The van der Waals surface area contributed by atoms with Crippen molar-refractivity contribution in [2.45, 2.75) is 6.04 Å². The van der Waals surface area contributed by atoms with Gasteiger partial charge >= 0.3 is 0 Å². The summed E-state index contributed by atoms with van der Waals surface area (Å²) in [5.41, 5.74) is 3.32. The predicted octanol–water partition coefficient (Wildman–Crippen LogP) is 3.90. The molecule has 8 heteroatoms. The molecule has 32 heavy (non-hydrogen) atoms. The molecule has 0 saturated carbocycles. The van der Waals surface area contributed by atoms with Crippen LogP contribution in [-0.4, -0.2) is 32.7 Å². The maximum atomic E-state index is 13.2. The Hall–Kier alpha value is -4.33. The van der Waals surface area contributed by atoms with Crippen LogP contribution in [-0.2, 0) is 4.79 Å². The van der Waals surface area contributed by atoms with Gasteiger partial charge in [0.15, 0.2) is 0 Å². The van der Waals surface area contributed by atoms with E-state index in [0.717, 1.165) is 16.8 Å². The Morgan fingerprint density at radius 3 is 2.34 bits per heavy atom. The van der Waals surface area contributed by atoms with E-state index >= 15 is 0 Å². The van der Waals surface area contributed by atoms with Crippen molar-refractivity contribution in [2.75, 3.05) is 16.8 Å². The summed E-state index contributed by atoms with van der Waals surface area (Å²) in [6.45, 7) is -0.0139. The molecule has 0 unspecified atom stereocenters. The van der Waals surface area contributed by atoms with Gasteiger partial charge in [0.1, 0.15) is 18.4 Å². The first-order valence-corrected chi connectivity index (χ1v) is 10.1. The number of allylic oxidation sites excluding steroid dienone is 1. The molecule has 0 aliphatic carbocycles. The lowest BCUT2D eigenvalue weighted by Crippen LogP contribution is -2.37. The third-order valence-electron chi connectivity index (χ3n) is 5.23. The van der Waals surface area contributed by atoms with Gasteiger partial charge in [-0.1, -0.05) is 65.8 Å². The van der Waals surface area contributed by atoms with Gasteiger partial charge in [-0.3, -0.25) is 9.69 Å². The van der Waals surface area contributed by atoms with Gasteiger partial charge in [0.25, 0.3) is 5.95 Å². The van der Waals surface area contributed by atoms with Crippen molar-refractivity contribution in [3.05, 3.63) is 108 Å². The fraction of sp³-hybridized carbons (Fsp3) is 0.0833. The molecule has 2 heterocycles. The Labute approximate surface area is 183 Å². The molecular weight excluding hydrogens is 407 g/mol. The van der Waals surface area contributed by atoms with Gasteiger partial charge in [-0.05, 0) is 51.9 Å². The van der Waals surface area contributed by atoms with E-state index in [2.05, 4.69) is 26.9 Å². The number of halogens is 1. The second-order valence-corrected chi connectivity index (χ2v) is 7.34. The van der Waals surface area contributed by atoms with Crippen LogP contribution in [0.25, 0.3) is 5.70 Å². The molecular formula is C24H19FN6O. The Kier molecular flexibility index (Phi) is 5.17. The highest BCUT2D eigenvalue weighted by Crippen LogP contribution is 2.35. The molecule has 158 valence electrons. The average Bonchev–Trinajstić information content (AvgIpc) is 3.32. The number of benzene rings is 3. The van der Waals surface area contributed by atoms with E-state index < -0.39 is 0 Å². The highest BCUT2D eigenvalue weighted by molar-refractivity contribution is 5.97. The Bertz CT molecular complexity index is 1250. The molecule has 5 rings (SSSR count).